The van der Waals surface area contributed by atoms with Crippen LogP contribution in [-0.4, -0.2) is 31.6 Å². The summed E-state index contributed by atoms with van der Waals surface area (Å²) in [6.07, 6.45) is 11.8. The van der Waals surface area contributed by atoms with E-state index in [2.05, 4.69) is 42.4 Å². The standard InChI is InChI=1S/C10H11O2S.3C4H9.Sn/c1-2-3-9-8(4-7-13-9)10-11-5-6-12-10;3*1-3-4-2;/h1-2,4,7,10H,3,5-6H2;3*1,3-4H2,2H3;. The van der Waals surface area contributed by atoms with Crippen molar-refractivity contribution in [1.82, 2.24) is 0 Å². The van der Waals surface area contributed by atoms with Crippen LogP contribution in [0.25, 0.3) is 0 Å². The number of thiophene rings is 1. The molecule has 0 saturated carbocycles. The van der Waals surface area contributed by atoms with Crippen LogP contribution in [0.5, 0.6) is 0 Å². The first-order valence-corrected chi connectivity index (χ1v) is 19.3. The Morgan fingerprint density at radius 3 is 2.12 bits per heavy atom. The zero-order chi connectivity index (χ0) is 18.7. The zero-order valence-electron chi connectivity index (χ0n) is 17.1. The predicted molar refractivity (Wildman–Crippen MR) is 117 cm³/mol. The summed E-state index contributed by atoms with van der Waals surface area (Å²) in [6.45, 7) is 8.49. The predicted octanol–water partition coefficient (Wildman–Crippen LogP) is 7.28. The summed E-state index contributed by atoms with van der Waals surface area (Å²) in [5.41, 5.74) is 1.26. The van der Waals surface area contributed by atoms with Gasteiger partial charge >= 0.3 is 170 Å². The zero-order valence-corrected chi connectivity index (χ0v) is 20.8. The average molecular weight is 485 g/mol. The van der Waals surface area contributed by atoms with Gasteiger partial charge in [-0.2, -0.15) is 0 Å². The van der Waals surface area contributed by atoms with Crippen LogP contribution in [0, 0.1) is 0 Å². The Hall–Kier alpha value is 0.159. The third kappa shape index (κ3) is 6.96. The molecule has 0 N–H and O–H groups in total. The molecule has 26 heavy (non-hydrogen) atoms. The van der Waals surface area contributed by atoms with E-state index in [1.165, 1.54) is 49.0 Å². The first-order chi connectivity index (χ1) is 12.7. The van der Waals surface area contributed by atoms with Gasteiger partial charge < -0.3 is 0 Å². The summed E-state index contributed by atoms with van der Waals surface area (Å²) < 4.78 is 18.9. The normalized spacial score (nSPS) is 16.1. The van der Waals surface area contributed by atoms with E-state index in [-0.39, 0.29) is 6.29 Å². The van der Waals surface area contributed by atoms with E-state index >= 15 is 0 Å². The van der Waals surface area contributed by atoms with E-state index in [4.69, 9.17) is 9.47 Å². The van der Waals surface area contributed by atoms with Crippen molar-refractivity contribution in [3.05, 3.63) is 32.1 Å². The van der Waals surface area contributed by atoms with E-state index in [1.807, 2.05) is 11.3 Å². The number of ether oxygens (including phenoxy) is 2. The second-order valence-electron chi connectivity index (χ2n) is 7.65. The van der Waals surface area contributed by atoms with Crippen LogP contribution < -0.4 is 0 Å². The van der Waals surface area contributed by atoms with Crippen LogP contribution in [0.15, 0.2) is 21.6 Å². The molecule has 1 aliphatic heterocycles. The fourth-order valence-electron chi connectivity index (χ4n) is 3.89. The van der Waals surface area contributed by atoms with Crippen LogP contribution in [0.1, 0.15) is 76.0 Å². The van der Waals surface area contributed by atoms with Gasteiger partial charge in [0.1, 0.15) is 0 Å². The average Bonchev–Trinajstić information content (AvgIpc) is 3.34. The van der Waals surface area contributed by atoms with Gasteiger partial charge in [-0.3, -0.25) is 0 Å². The van der Waals surface area contributed by atoms with Crippen LogP contribution in [0.3, 0.4) is 0 Å². The molecule has 0 amide bonds. The fraction of sp³-hybridized carbons (Fsp3) is 0.727. The van der Waals surface area contributed by atoms with E-state index in [0.29, 0.717) is 0 Å². The minimum atomic E-state index is -2.14. The first-order valence-electron chi connectivity index (χ1n) is 10.7. The molecule has 148 valence electrons. The van der Waals surface area contributed by atoms with E-state index in [0.717, 1.165) is 19.6 Å². The Morgan fingerprint density at radius 2 is 1.58 bits per heavy atom. The minimum absolute atomic E-state index is 0.127. The Kier molecular flexibility index (Phi) is 10.9. The number of hydrogen-bond donors (Lipinski definition) is 0. The van der Waals surface area contributed by atoms with Gasteiger partial charge in [0.25, 0.3) is 0 Å². The molecule has 1 aromatic rings. The summed E-state index contributed by atoms with van der Waals surface area (Å²) in [6, 6.07) is 2.19. The van der Waals surface area contributed by atoms with E-state index in [1.54, 1.807) is 13.3 Å². The number of unbranched alkanes of at least 4 members (excludes halogenated alkanes) is 3. The Labute approximate surface area is 169 Å². The molecule has 1 saturated heterocycles. The van der Waals surface area contributed by atoms with E-state index < -0.39 is 18.4 Å². The summed E-state index contributed by atoms with van der Waals surface area (Å²) in [5, 5.41) is 2.19. The van der Waals surface area contributed by atoms with E-state index in [9.17, 15) is 0 Å². The summed E-state index contributed by atoms with van der Waals surface area (Å²) in [4.78, 5) is 1.43. The molecule has 2 nitrogen and oxygen atoms in total. The summed E-state index contributed by atoms with van der Waals surface area (Å²) in [7, 11) is 0. The molecule has 1 aliphatic rings. The molecule has 2 rings (SSSR count). The van der Waals surface area contributed by atoms with Crippen LogP contribution >= 0.6 is 11.3 Å². The molecule has 0 unspecified atom stereocenters. The third-order valence-corrected chi connectivity index (χ3v) is 20.7. The quantitative estimate of drug-likeness (QED) is 0.274. The Balaban J connectivity index is 2.06. The second-order valence-corrected chi connectivity index (χ2v) is 21.7. The SMILES string of the molecule is CCC[CH2][Sn](/[CH]=C/Cc1sccc1C1OCCO1)([CH2]CCC)[CH2]CCC. The second kappa shape index (κ2) is 12.6. The van der Waals surface area contributed by atoms with Gasteiger partial charge in [0.15, 0.2) is 0 Å². The van der Waals surface area contributed by atoms with Crippen molar-refractivity contribution in [3.63, 3.8) is 0 Å². The molecular formula is C22H38O2SSn. The Bertz CT molecular complexity index is 498. The van der Waals surface area contributed by atoms with Gasteiger partial charge in [0.05, 0.1) is 0 Å². The molecule has 0 atom stereocenters. The maximum absolute atomic E-state index is 5.72. The van der Waals surface area contributed by atoms with Crippen molar-refractivity contribution in [3.8, 4) is 0 Å². The molecule has 2 heterocycles. The molecule has 0 bridgehead atoms. The van der Waals surface area contributed by atoms with Crippen molar-refractivity contribution in [1.29, 1.82) is 0 Å². The molecule has 0 aromatic carbocycles. The maximum atomic E-state index is 5.72. The molecule has 1 fully saturated rings. The van der Waals surface area contributed by atoms with Crippen LogP contribution in [0.4, 0.5) is 0 Å². The van der Waals surface area contributed by atoms with Crippen LogP contribution in [0.2, 0.25) is 13.3 Å². The summed E-state index contributed by atoms with van der Waals surface area (Å²) >= 11 is -0.288. The number of allylic oxidation sites excluding steroid dienone is 1. The molecular weight excluding hydrogens is 447 g/mol. The van der Waals surface area contributed by atoms with Crippen molar-refractivity contribution in [2.24, 2.45) is 0 Å². The third-order valence-electron chi connectivity index (χ3n) is 5.51. The van der Waals surface area contributed by atoms with Crippen LogP contribution in [-0.2, 0) is 15.9 Å². The van der Waals surface area contributed by atoms with Gasteiger partial charge in [-0.25, -0.2) is 0 Å². The Morgan fingerprint density at radius 1 is 1.00 bits per heavy atom. The van der Waals surface area contributed by atoms with Gasteiger partial charge in [0, 0.05) is 0 Å². The summed E-state index contributed by atoms with van der Waals surface area (Å²) in [5.74, 6) is 0. The topological polar surface area (TPSA) is 18.5 Å². The van der Waals surface area contributed by atoms with Gasteiger partial charge in [-0.05, 0) is 0 Å². The molecule has 1 aromatic heterocycles. The van der Waals surface area contributed by atoms with Gasteiger partial charge in [-0.15, -0.1) is 0 Å². The number of rotatable bonds is 13. The van der Waals surface area contributed by atoms with Crippen molar-refractivity contribution < 1.29 is 9.47 Å². The van der Waals surface area contributed by atoms with Crippen molar-refractivity contribution in [2.75, 3.05) is 13.2 Å². The molecule has 0 aliphatic carbocycles. The monoisotopic (exact) mass is 486 g/mol. The molecule has 0 radical (unpaired) electrons. The first kappa shape index (κ1) is 22.4. The van der Waals surface area contributed by atoms with Gasteiger partial charge in [-0.1, -0.05) is 0 Å². The van der Waals surface area contributed by atoms with Crippen molar-refractivity contribution in [2.45, 2.75) is 85.3 Å². The number of hydrogen-bond acceptors (Lipinski definition) is 3. The molecule has 0 spiro atoms. The van der Waals surface area contributed by atoms with Gasteiger partial charge in [0.2, 0.25) is 0 Å². The molecule has 4 heteroatoms. The fourth-order valence-corrected chi connectivity index (χ4v) is 19.2. The van der Waals surface area contributed by atoms with Crippen molar-refractivity contribution >= 4 is 29.7 Å².